The number of alkyl halides is 1. The lowest BCUT2D eigenvalue weighted by Crippen LogP contribution is -2.08. The highest BCUT2D eigenvalue weighted by Crippen LogP contribution is 2.16. The Morgan fingerprint density at radius 3 is 3.00 bits per heavy atom. The van der Waals surface area contributed by atoms with Crippen LogP contribution in [0.2, 0.25) is 0 Å². The fraction of sp³-hybridized carbons (Fsp3) is 0.545. The highest BCUT2D eigenvalue weighted by atomic mass is 79.9. The highest BCUT2D eigenvalue weighted by Gasteiger charge is 1.99. The largest absolute Gasteiger partial charge is 0.380 e. The predicted molar refractivity (Wildman–Crippen MR) is 71.3 cm³/mol. The van der Waals surface area contributed by atoms with Crippen molar-refractivity contribution >= 4 is 33.3 Å². The lowest BCUT2D eigenvalue weighted by Gasteiger charge is -2.08. The molecule has 0 saturated carbocycles. The first-order valence-electron chi connectivity index (χ1n) is 5.23. The summed E-state index contributed by atoms with van der Waals surface area (Å²) in [5, 5.41) is 3.27. The number of aromatic nitrogens is 1. The molecule has 90 valence electrons. The Morgan fingerprint density at radius 2 is 2.31 bits per heavy atom. The lowest BCUT2D eigenvalue weighted by molar-refractivity contribution is 0.149. The van der Waals surface area contributed by atoms with Gasteiger partial charge < -0.3 is 10.1 Å². The molecule has 0 radical (unpaired) electrons. The number of hydrogen-bond donors (Lipinski definition) is 1. The van der Waals surface area contributed by atoms with Crippen LogP contribution in [0.4, 0.5) is 5.82 Å². The van der Waals surface area contributed by atoms with Crippen molar-refractivity contribution in [1.82, 2.24) is 4.98 Å². The van der Waals surface area contributed by atoms with E-state index >= 15 is 0 Å². The number of hydrogen-bond acceptors (Lipinski definition) is 3. The summed E-state index contributed by atoms with van der Waals surface area (Å²) >= 11 is 8.87. The van der Waals surface area contributed by atoms with E-state index in [0.29, 0.717) is 12.5 Å². The zero-order chi connectivity index (χ0) is 11.8. The Balaban J connectivity index is 2.21. The summed E-state index contributed by atoms with van der Waals surface area (Å²) in [6, 6.07) is 2.04. The number of aryl methyl sites for hydroxylation is 1. The van der Waals surface area contributed by atoms with Gasteiger partial charge in [0.2, 0.25) is 0 Å². The topological polar surface area (TPSA) is 34.2 Å². The quantitative estimate of drug-likeness (QED) is 0.620. The molecule has 0 saturated heterocycles. The Kier molecular flexibility index (Phi) is 6.76. The number of rotatable bonds is 7. The second-order valence-electron chi connectivity index (χ2n) is 3.40. The molecule has 1 aromatic rings. The third kappa shape index (κ3) is 5.14. The van der Waals surface area contributed by atoms with Crippen LogP contribution in [-0.2, 0) is 4.74 Å². The fourth-order valence-electron chi connectivity index (χ4n) is 1.26. The van der Waals surface area contributed by atoms with E-state index in [0.717, 1.165) is 35.4 Å². The molecule has 0 atom stereocenters. The molecule has 0 aromatic carbocycles. The summed E-state index contributed by atoms with van der Waals surface area (Å²) < 4.78 is 6.27. The summed E-state index contributed by atoms with van der Waals surface area (Å²) in [5.41, 5.74) is 1.14. The van der Waals surface area contributed by atoms with E-state index in [9.17, 15) is 0 Å². The van der Waals surface area contributed by atoms with Crippen molar-refractivity contribution in [1.29, 1.82) is 0 Å². The second-order valence-corrected chi connectivity index (χ2v) is 4.69. The molecule has 0 fully saturated rings. The zero-order valence-electron chi connectivity index (χ0n) is 9.30. The maximum absolute atomic E-state index is 5.49. The molecule has 0 amide bonds. The molecule has 0 bridgehead atoms. The number of pyridine rings is 1. The molecule has 1 aromatic heterocycles. The molecule has 1 rings (SSSR count). The summed E-state index contributed by atoms with van der Waals surface area (Å²) in [4.78, 5) is 4.29. The molecule has 1 N–H and O–H groups in total. The average Bonchev–Trinajstić information content (AvgIpc) is 2.26. The molecule has 5 heteroatoms. The van der Waals surface area contributed by atoms with E-state index in [-0.39, 0.29) is 0 Å². The van der Waals surface area contributed by atoms with Gasteiger partial charge in [-0.2, -0.15) is 0 Å². The van der Waals surface area contributed by atoms with Gasteiger partial charge in [0.25, 0.3) is 0 Å². The third-order valence-electron chi connectivity index (χ3n) is 2.02. The van der Waals surface area contributed by atoms with Crippen molar-refractivity contribution in [3.63, 3.8) is 0 Å². The van der Waals surface area contributed by atoms with E-state index in [4.69, 9.17) is 16.3 Å². The number of nitrogens with one attached hydrogen (secondary N) is 1. The first-order chi connectivity index (χ1) is 7.74. The monoisotopic (exact) mass is 306 g/mol. The minimum atomic E-state index is 0.556. The van der Waals surface area contributed by atoms with Crippen LogP contribution in [0, 0.1) is 6.92 Å². The van der Waals surface area contributed by atoms with Crippen LogP contribution < -0.4 is 5.32 Å². The molecular weight excluding hydrogens is 291 g/mol. The maximum Gasteiger partial charge on any atom is 0.128 e. The maximum atomic E-state index is 5.49. The standard InChI is InChI=1S/C11H16BrClN2O/c1-9-7-10(12)8-15-11(9)14-4-2-5-16-6-3-13/h7-8H,2-6H2,1H3,(H,14,15). The van der Waals surface area contributed by atoms with Gasteiger partial charge in [0.15, 0.2) is 0 Å². The molecular formula is C11H16BrClN2O. The Morgan fingerprint density at radius 1 is 1.50 bits per heavy atom. The third-order valence-corrected chi connectivity index (χ3v) is 2.61. The van der Waals surface area contributed by atoms with Crippen LogP contribution in [-0.4, -0.2) is 30.6 Å². The average molecular weight is 308 g/mol. The fourth-order valence-corrected chi connectivity index (χ4v) is 1.82. The van der Waals surface area contributed by atoms with Gasteiger partial charge in [-0.3, -0.25) is 0 Å². The minimum absolute atomic E-state index is 0.556. The van der Waals surface area contributed by atoms with Crippen LogP contribution in [0.3, 0.4) is 0 Å². The number of ether oxygens (including phenoxy) is 1. The molecule has 0 spiro atoms. The van der Waals surface area contributed by atoms with Crippen molar-refractivity contribution in [2.24, 2.45) is 0 Å². The Bertz CT molecular complexity index is 323. The highest BCUT2D eigenvalue weighted by molar-refractivity contribution is 9.10. The molecule has 0 aliphatic rings. The van der Waals surface area contributed by atoms with Crippen LogP contribution in [0.15, 0.2) is 16.7 Å². The molecule has 16 heavy (non-hydrogen) atoms. The van der Waals surface area contributed by atoms with Gasteiger partial charge in [0, 0.05) is 29.7 Å². The van der Waals surface area contributed by atoms with Crippen molar-refractivity contribution < 1.29 is 4.74 Å². The van der Waals surface area contributed by atoms with Crippen LogP contribution in [0.1, 0.15) is 12.0 Å². The van der Waals surface area contributed by atoms with E-state index < -0.39 is 0 Å². The first-order valence-corrected chi connectivity index (χ1v) is 6.56. The summed E-state index contributed by atoms with van der Waals surface area (Å²) in [6.45, 7) is 4.24. The van der Waals surface area contributed by atoms with Gasteiger partial charge in [-0.05, 0) is 40.9 Å². The predicted octanol–water partition coefficient (Wildman–Crippen LogP) is 3.21. The normalized spacial score (nSPS) is 10.4. The Labute approximate surface area is 110 Å². The van der Waals surface area contributed by atoms with E-state index in [1.807, 2.05) is 13.0 Å². The van der Waals surface area contributed by atoms with Crippen molar-refractivity contribution in [3.8, 4) is 0 Å². The van der Waals surface area contributed by atoms with Gasteiger partial charge >= 0.3 is 0 Å². The SMILES string of the molecule is Cc1cc(Br)cnc1NCCCOCCCl. The van der Waals surface area contributed by atoms with Gasteiger partial charge in [0.05, 0.1) is 6.61 Å². The van der Waals surface area contributed by atoms with Crippen LogP contribution in [0.5, 0.6) is 0 Å². The van der Waals surface area contributed by atoms with Crippen molar-refractivity contribution in [3.05, 3.63) is 22.3 Å². The Hall–Kier alpha value is -0.320. The molecule has 1 heterocycles. The molecule has 3 nitrogen and oxygen atoms in total. The number of anilines is 1. The van der Waals surface area contributed by atoms with Gasteiger partial charge in [0.1, 0.15) is 5.82 Å². The van der Waals surface area contributed by atoms with Crippen molar-refractivity contribution in [2.75, 3.05) is 31.0 Å². The van der Waals surface area contributed by atoms with Crippen LogP contribution >= 0.6 is 27.5 Å². The second kappa shape index (κ2) is 7.87. The van der Waals surface area contributed by atoms with Gasteiger partial charge in [-0.1, -0.05) is 0 Å². The van der Waals surface area contributed by atoms with Gasteiger partial charge in [-0.15, -0.1) is 11.6 Å². The van der Waals surface area contributed by atoms with E-state index in [1.54, 1.807) is 6.20 Å². The van der Waals surface area contributed by atoms with Gasteiger partial charge in [-0.25, -0.2) is 4.98 Å². The molecule has 0 aliphatic carbocycles. The van der Waals surface area contributed by atoms with Crippen LogP contribution in [0.25, 0.3) is 0 Å². The minimum Gasteiger partial charge on any atom is -0.380 e. The molecule has 0 aliphatic heterocycles. The van der Waals surface area contributed by atoms with E-state index in [1.165, 1.54) is 0 Å². The lowest BCUT2D eigenvalue weighted by atomic mass is 10.3. The zero-order valence-corrected chi connectivity index (χ0v) is 11.6. The summed E-state index contributed by atoms with van der Waals surface area (Å²) in [5.74, 6) is 1.49. The summed E-state index contributed by atoms with van der Waals surface area (Å²) in [7, 11) is 0. The number of nitrogens with zero attached hydrogens (tertiary/aromatic N) is 1. The first kappa shape index (κ1) is 13.7. The summed E-state index contributed by atoms with van der Waals surface area (Å²) in [6.07, 6.45) is 2.74. The van der Waals surface area contributed by atoms with E-state index in [2.05, 4.69) is 26.2 Å². The molecule has 0 unspecified atom stereocenters. The number of halogens is 2. The smallest absolute Gasteiger partial charge is 0.128 e. The van der Waals surface area contributed by atoms with Crippen molar-refractivity contribution in [2.45, 2.75) is 13.3 Å².